The van der Waals surface area contributed by atoms with Crippen molar-refractivity contribution in [3.63, 3.8) is 0 Å². The van der Waals surface area contributed by atoms with E-state index < -0.39 is 24.3 Å². The van der Waals surface area contributed by atoms with Gasteiger partial charge in [0.2, 0.25) is 0 Å². The number of hydrogen-bond donors (Lipinski definition) is 2. The van der Waals surface area contributed by atoms with Crippen molar-refractivity contribution in [2.75, 3.05) is 20.1 Å². The number of rotatable bonds is 2. The lowest BCUT2D eigenvalue weighted by molar-refractivity contribution is -0.193. The van der Waals surface area contributed by atoms with E-state index in [1.807, 2.05) is 18.2 Å². The largest absolute Gasteiger partial charge is 0.490 e. The molecule has 0 aromatic heterocycles. The van der Waals surface area contributed by atoms with Gasteiger partial charge in [-0.3, -0.25) is 4.90 Å². The molecule has 13 heteroatoms. The number of carboxylic acid groups (broad SMARTS) is 2. The van der Waals surface area contributed by atoms with Crippen LogP contribution in [0.1, 0.15) is 24.0 Å². The van der Waals surface area contributed by atoms with E-state index in [0.717, 1.165) is 24.2 Å². The Labute approximate surface area is 179 Å². The normalized spacial score (nSPS) is 20.8. The van der Waals surface area contributed by atoms with Crippen LogP contribution in [0.5, 0.6) is 0 Å². The van der Waals surface area contributed by atoms with Gasteiger partial charge in [0.25, 0.3) is 0 Å². The van der Waals surface area contributed by atoms with E-state index in [1.54, 1.807) is 0 Å². The van der Waals surface area contributed by atoms with Gasteiger partial charge in [0.05, 0.1) is 11.6 Å². The molecular formula is C19H21F6N3O4. The second-order valence-electron chi connectivity index (χ2n) is 7.08. The summed E-state index contributed by atoms with van der Waals surface area (Å²) in [5, 5.41) is 23.2. The first kappa shape index (κ1) is 27.2. The van der Waals surface area contributed by atoms with Crippen LogP contribution in [0.2, 0.25) is 0 Å². The molecule has 3 rings (SSSR count). The molecule has 2 saturated heterocycles. The summed E-state index contributed by atoms with van der Waals surface area (Å²) < 4.78 is 63.5. The van der Waals surface area contributed by atoms with Crippen molar-refractivity contribution in [2.45, 2.75) is 43.8 Å². The lowest BCUT2D eigenvalue weighted by Gasteiger charge is -2.24. The first-order valence-corrected chi connectivity index (χ1v) is 9.20. The van der Waals surface area contributed by atoms with Gasteiger partial charge in [0.15, 0.2) is 0 Å². The van der Waals surface area contributed by atoms with E-state index in [4.69, 9.17) is 25.1 Å². The Bertz CT molecular complexity index is 814. The average molecular weight is 469 g/mol. The zero-order valence-corrected chi connectivity index (χ0v) is 16.8. The van der Waals surface area contributed by atoms with E-state index in [-0.39, 0.29) is 0 Å². The molecule has 0 saturated carbocycles. The van der Waals surface area contributed by atoms with Gasteiger partial charge < -0.3 is 15.1 Å². The van der Waals surface area contributed by atoms with E-state index in [1.165, 1.54) is 31.5 Å². The Morgan fingerprint density at radius 1 is 1.03 bits per heavy atom. The molecule has 32 heavy (non-hydrogen) atoms. The fraction of sp³-hybridized carbons (Fsp3) is 0.526. The maximum Gasteiger partial charge on any atom is 0.490 e. The molecule has 2 heterocycles. The number of likely N-dealkylation sites (tertiary alicyclic amines) is 2. The first-order valence-electron chi connectivity index (χ1n) is 9.20. The van der Waals surface area contributed by atoms with Crippen LogP contribution in [-0.2, 0) is 16.1 Å². The SMILES string of the molecule is CN1CC[C@@H]2[C@@H]1CCN2Cc1cccc(C#N)c1.O=C(O)C(F)(F)F.O=C(O)C(F)(F)F. The quantitative estimate of drug-likeness (QED) is 0.642. The van der Waals surface area contributed by atoms with Gasteiger partial charge in [-0.25, -0.2) is 9.59 Å². The zero-order chi connectivity index (χ0) is 24.7. The van der Waals surface area contributed by atoms with Gasteiger partial charge in [-0.05, 0) is 44.1 Å². The van der Waals surface area contributed by atoms with Gasteiger partial charge in [-0.15, -0.1) is 0 Å². The highest BCUT2D eigenvalue weighted by molar-refractivity contribution is 5.73. The van der Waals surface area contributed by atoms with Crippen LogP contribution in [0.3, 0.4) is 0 Å². The Morgan fingerprint density at radius 3 is 2.00 bits per heavy atom. The number of aliphatic carboxylic acids is 2. The highest BCUT2D eigenvalue weighted by Crippen LogP contribution is 2.31. The van der Waals surface area contributed by atoms with Gasteiger partial charge in [0.1, 0.15) is 0 Å². The van der Waals surface area contributed by atoms with Gasteiger partial charge in [-0.2, -0.15) is 31.6 Å². The summed E-state index contributed by atoms with van der Waals surface area (Å²) in [6.07, 6.45) is -7.59. The molecule has 2 N–H and O–H groups in total. The second-order valence-corrected chi connectivity index (χ2v) is 7.08. The van der Waals surface area contributed by atoms with E-state index in [9.17, 15) is 26.3 Å². The highest BCUT2D eigenvalue weighted by Gasteiger charge is 2.40. The maximum absolute atomic E-state index is 10.6. The van der Waals surface area contributed by atoms with Crippen LogP contribution < -0.4 is 0 Å². The molecular weight excluding hydrogens is 448 g/mol. The number of benzene rings is 1. The van der Waals surface area contributed by atoms with E-state index in [2.05, 4.69) is 29.0 Å². The third-order valence-electron chi connectivity index (χ3n) is 4.90. The topological polar surface area (TPSA) is 105 Å². The molecule has 1 aromatic rings. The Morgan fingerprint density at radius 2 is 1.53 bits per heavy atom. The molecule has 1 aromatic carbocycles. The fourth-order valence-corrected chi connectivity index (χ4v) is 3.46. The number of fused-ring (bicyclic) bond motifs is 1. The second kappa shape index (κ2) is 11.1. The predicted octanol–water partition coefficient (Wildman–Crippen LogP) is 3.10. The number of carboxylic acids is 2. The van der Waals surface area contributed by atoms with Crippen LogP contribution in [-0.4, -0.2) is 76.5 Å². The third kappa shape index (κ3) is 8.35. The number of nitrogens with zero attached hydrogens (tertiary/aromatic N) is 3. The van der Waals surface area contributed by atoms with Crippen molar-refractivity contribution >= 4 is 11.9 Å². The molecule has 2 atom stereocenters. The number of hydrogen-bond acceptors (Lipinski definition) is 5. The number of likely N-dealkylation sites (N-methyl/N-ethyl adjacent to an activating group) is 1. The van der Waals surface area contributed by atoms with Crippen LogP contribution in [0.25, 0.3) is 0 Å². The lowest BCUT2D eigenvalue weighted by Crippen LogP contribution is -2.34. The molecule has 178 valence electrons. The van der Waals surface area contributed by atoms with Gasteiger partial charge in [-0.1, -0.05) is 12.1 Å². The zero-order valence-electron chi connectivity index (χ0n) is 16.8. The van der Waals surface area contributed by atoms with Crippen molar-refractivity contribution in [1.29, 1.82) is 5.26 Å². The molecule has 2 aliphatic heterocycles. The summed E-state index contributed by atoms with van der Waals surface area (Å²) in [5.41, 5.74) is 2.04. The first-order chi connectivity index (χ1) is 14.7. The molecule has 0 radical (unpaired) electrons. The summed E-state index contributed by atoms with van der Waals surface area (Å²) in [5.74, 6) is -5.51. The number of alkyl halides is 6. The van der Waals surface area contributed by atoms with Gasteiger partial charge >= 0.3 is 24.3 Å². The minimum atomic E-state index is -5.08. The van der Waals surface area contributed by atoms with Crippen molar-refractivity contribution in [3.05, 3.63) is 35.4 Å². The molecule has 0 bridgehead atoms. The van der Waals surface area contributed by atoms with Crippen molar-refractivity contribution in [2.24, 2.45) is 0 Å². The monoisotopic (exact) mass is 469 g/mol. The Hall–Kier alpha value is -2.85. The number of nitriles is 1. The average Bonchev–Trinajstić information content (AvgIpc) is 3.25. The summed E-state index contributed by atoms with van der Waals surface area (Å²) in [7, 11) is 2.24. The minimum Gasteiger partial charge on any atom is -0.475 e. The Balaban J connectivity index is 0.000000305. The van der Waals surface area contributed by atoms with Crippen LogP contribution >= 0.6 is 0 Å². The Kier molecular flexibility index (Phi) is 9.47. The molecule has 2 fully saturated rings. The smallest absolute Gasteiger partial charge is 0.475 e. The summed E-state index contributed by atoms with van der Waals surface area (Å²) in [6.45, 7) is 3.41. The molecule has 0 aliphatic carbocycles. The lowest BCUT2D eigenvalue weighted by atomic mass is 10.1. The summed E-state index contributed by atoms with van der Waals surface area (Å²) >= 11 is 0. The minimum absolute atomic E-state index is 0.723. The summed E-state index contributed by atoms with van der Waals surface area (Å²) in [6, 6.07) is 11.7. The predicted molar refractivity (Wildman–Crippen MR) is 98.4 cm³/mol. The van der Waals surface area contributed by atoms with Crippen LogP contribution in [0.15, 0.2) is 24.3 Å². The molecule has 2 aliphatic rings. The molecule has 0 unspecified atom stereocenters. The van der Waals surface area contributed by atoms with Gasteiger partial charge in [0, 0.05) is 25.2 Å². The third-order valence-corrected chi connectivity index (χ3v) is 4.90. The van der Waals surface area contributed by atoms with Crippen LogP contribution in [0, 0.1) is 11.3 Å². The fourth-order valence-electron chi connectivity index (χ4n) is 3.46. The maximum atomic E-state index is 10.6. The number of halogens is 6. The van der Waals surface area contributed by atoms with E-state index in [0.29, 0.717) is 0 Å². The highest BCUT2D eigenvalue weighted by atomic mass is 19.4. The summed E-state index contributed by atoms with van der Waals surface area (Å²) in [4.78, 5) is 22.9. The van der Waals surface area contributed by atoms with Crippen LogP contribution in [0.4, 0.5) is 26.3 Å². The molecule has 0 spiro atoms. The number of carbonyl (C=O) groups is 2. The molecule has 0 amide bonds. The van der Waals surface area contributed by atoms with E-state index >= 15 is 0 Å². The van der Waals surface area contributed by atoms with Crippen molar-refractivity contribution in [3.8, 4) is 6.07 Å². The van der Waals surface area contributed by atoms with Crippen molar-refractivity contribution < 1.29 is 46.1 Å². The molecule has 7 nitrogen and oxygen atoms in total. The van der Waals surface area contributed by atoms with Crippen molar-refractivity contribution in [1.82, 2.24) is 9.80 Å². The standard InChI is InChI=1S/C15H19N3.2C2HF3O2/c1-17-7-5-15-14(17)6-8-18(15)11-13-4-2-3-12(9-13)10-16;2*3-2(4,5)1(6)7/h2-4,9,14-15H,5-8,11H2,1H3;2*(H,6,7)/t14-,15+;;/m0../s1.